The summed E-state index contributed by atoms with van der Waals surface area (Å²) < 4.78 is 27.5. The first kappa shape index (κ1) is 14.3. The summed E-state index contributed by atoms with van der Waals surface area (Å²) >= 11 is 4.94. The minimum atomic E-state index is -3.39. The smallest absolute Gasteiger partial charge is 0.271 e. The van der Waals surface area contributed by atoms with Gasteiger partial charge in [0.2, 0.25) is 0 Å². The molecule has 1 heterocycles. The summed E-state index contributed by atoms with van der Waals surface area (Å²) in [7, 11) is 0. The van der Waals surface area contributed by atoms with Crippen LogP contribution in [0.25, 0.3) is 0 Å². The van der Waals surface area contributed by atoms with Gasteiger partial charge in [-0.2, -0.15) is 13.9 Å². The predicted molar refractivity (Wildman–Crippen MR) is 62.8 cm³/mol. The molecule has 2 atom stereocenters. The van der Waals surface area contributed by atoms with Crippen molar-refractivity contribution in [1.82, 2.24) is 15.2 Å². The van der Waals surface area contributed by atoms with E-state index in [0.717, 1.165) is 6.42 Å². The third-order valence-electron chi connectivity index (χ3n) is 2.72. The molecule has 0 spiro atoms. The van der Waals surface area contributed by atoms with Crippen molar-refractivity contribution in [2.75, 3.05) is 0 Å². The lowest BCUT2D eigenvalue weighted by Crippen LogP contribution is -2.47. The summed E-state index contributed by atoms with van der Waals surface area (Å²) in [6.45, 7) is 4.04. The van der Waals surface area contributed by atoms with Crippen LogP contribution in [-0.4, -0.2) is 21.2 Å². The largest absolute Gasteiger partial charge is 0.338 e. The van der Waals surface area contributed by atoms with Gasteiger partial charge in [0.05, 0.1) is 5.69 Å². The van der Waals surface area contributed by atoms with Crippen LogP contribution in [0.4, 0.5) is 8.78 Å². The average molecular weight is 267 g/mol. The Hall–Kier alpha value is -0.720. The maximum atomic E-state index is 12.9. The molecule has 7 heteroatoms. The number of aromatic nitrogens is 2. The molecule has 0 aromatic carbocycles. The number of hydrogen-bond acceptors (Lipinski definition) is 3. The Kier molecular flexibility index (Phi) is 4.85. The standard InChI is InChI=1S/C10H17ClF2N4/c1-3-7(2)17-5-4-8(16-17)6-9(15-14)10(11,12)13/h4-5,7,9,15H,3,6,14H2,1-2H3. The normalized spacial score (nSPS) is 15.9. The van der Waals surface area contributed by atoms with Crippen molar-refractivity contribution in [3.63, 3.8) is 0 Å². The van der Waals surface area contributed by atoms with Crippen LogP contribution in [0.5, 0.6) is 0 Å². The Balaban J connectivity index is 2.71. The lowest BCUT2D eigenvalue weighted by atomic mass is 10.2. The number of hydrogen-bond donors (Lipinski definition) is 2. The van der Waals surface area contributed by atoms with Crippen LogP contribution in [0.3, 0.4) is 0 Å². The van der Waals surface area contributed by atoms with Crippen LogP contribution in [0.2, 0.25) is 0 Å². The number of alkyl halides is 3. The molecule has 0 fully saturated rings. The molecule has 4 nitrogen and oxygen atoms in total. The van der Waals surface area contributed by atoms with E-state index in [1.54, 1.807) is 16.9 Å². The highest BCUT2D eigenvalue weighted by Crippen LogP contribution is 2.25. The lowest BCUT2D eigenvalue weighted by molar-refractivity contribution is 0.0498. The van der Waals surface area contributed by atoms with E-state index in [1.165, 1.54) is 0 Å². The molecular formula is C10H17ClF2N4. The van der Waals surface area contributed by atoms with Crippen molar-refractivity contribution in [1.29, 1.82) is 0 Å². The monoisotopic (exact) mass is 266 g/mol. The van der Waals surface area contributed by atoms with Crippen molar-refractivity contribution < 1.29 is 8.78 Å². The summed E-state index contributed by atoms with van der Waals surface area (Å²) in [5.74, 6) is 5.05. The minimum absolute atomic E-state index is 0.0174. The number of nitrogens with zero attached hydrogens (tertiary/aromatic N) is 2. The molecule has 1 aromatic rings. The van der Waals surface area contributed by atoms with Crippen LogP contribution >= 0.6 is 11.6 Å². The van der Waals surface area contributed by atoms with Gasteiger partial charge in [-0.3, -0.25) is 10.5 Å². The van der Waals surface area contributed by atoms with Crippen LogP contribution < -0.4 is 11.3 Å². The molecule has 0 amide bonds. The highest BCUT2D eigenvalue weighted by Gasteiger charge is 2.36. The fourth-order valence-corrected chi connectivity index (χ4v) is 1.54. The van der Waals surface area contributed by atoms with Gasteiger partial charge in [0.25, 0.3) is 0 Å². The zero-order valence-electron chi connectivity index (χ0n) is 9.83. The highest BCUT2D eigenvalue weighted by molar-refractivity contribution is 6.22. The van der Waals surface area contributed by atoms with E-state index in [0.29, 0.717) is 5.69 Å². The van der Waals surface area contributed by atoms with E-state index in [9.17, 15) is 8.78 Å². The Bertz CT molecular complexity index is 350. The molecule has 0 saturated carbocycles. The Labute approximate surface area is 104 Å². The lowest BCUT2D eigenvalue weighted by Gasteiger charge is -2.19. The van der Waals surface area contributed by atoms with Gasteiger partial charge >= 0.3 is 5.38 Å². The number of rotatable bonds is 6. The first-order chi connectivity index (χ1) is 7.88. The molecule has 98 valence electrons. The molecule has 0 aliphatic carbocycles. The van der Waals surface area contributed by atoms with Crippen molar-refractivity contribution in [2.24, 2.45) is 5.84 Å². The molecule has 0 aliphatic rings. The van der Waals surface area contributed by atoms with Crippen molar-refractivity contribution in [3.05, 3.63) is 18.0 Å². The number of nitrogens with one attached hydrogen (secondary N) is 1. The first-order valence-electron chi connectivity index (χ1n) is 5.45. The van der Waals surface area contributed by atoms with Gasteiger partial charge in [0, 0.05) is 18.7 Å². The molecule has 1 rings (SSSR count). The highest BCUT2D eigenvalue weighted by atomic mass is 35.5. The van der Waals surface area contributed by atoms with Crippen molar-refractivity contribution in [3.8, 4) is 0 Å². The van der Waals surface area contributed by atoms with Gasteiger partial charge in [-0.1, -0.05) is 6.92 Å². The summed E-state index contributed by atoms with van der Waals surface area (Å²) in [5, 5.41) is 0.817. The van der Waals surface area contributed by atoms with Gasteiger partial charge in [0.15, 0.2) is 0 Å². The number of halogens is 3. The number of hydrazine groups is 1. The third-order valence-corrected chi connectivity index (χ3v) is 2.98. The van der Waals surface area contributed by atoms with Gasteiger partial charge in [-0.25, -0.2) is 5.43 Å². The number of nitrogens with two attached hydrogens (primary N) is 1. The Morgan fingerprint density at radius 1 is 1.65 bits per heavy atom. The second-order valence-corrected chi connectivity index (χ2v) is 4.51. The summed E-state index contributed by atoms with van der Waals surface area (Å²) in [5.41, 5.74) is 2.55. The topological polar surface area (TPSA) is 55.9 Å². The fourth-order valence-electron chi connectivity index (χ4n) is 1.40. The van der Waals surface area contributed by atoms with Crippen LogP contribution in [-0.2, 0) is 6.42 Å². The second-order valence-electron chi connectivity index (χ2n) is 4.01. The van der Waals surface area contributed by atoms with E-state index in [2.05, 4.69) is 5.10 Å². The average Bonchev–Trinajstić information content (AvgIpc) is 2.71. The third kappa shape index (κ3) is 3.90. The maximum absolute atomic E-state index is 12.9. The Morgan fingerprint density at radius 2 is 2.29 bits per heavy atom. The zero-order valence-corrected chi connectivity index (χ0v) is 10.6. The van der Waals surface area contributed by atoms with Gasteiger partial charge in [-0.05, 0) is 31.0 Å². The summed E-state index contributed by atoms with van der Waals surface area (Å²) in [4.78, 5) is 0. The van der Waals surface area contributed by atoms with Crippen LogP contribution in [0.15, 0.2) is 12.3 Å². The van der Waals surface area contributed by atoms with Crippen molar-refractivity contribution in [2.45, 2.75) is 44.2 Å². The minimum Gasteiger partial charge on any atom is -0.271 e. The SMILES string of the molecule is CCC(C)n1ccc(CC(NN)C(F)(F)Cl)n1. The Morgan fingerprint density at radius 3 is 2.76 bits per heavy atom. The van der Waals surface area contributed by atoms with Gasteiger partial charge in [0.1, 0.15) is 6.04 Å². The van der Waals surface area contributed by atoms with Gasteiger partial charge in [-0.15, -0.1) is 0 Å². The van der Waals surface area contributed by atoms with Crippen LogP contribution in [0, 0.1) is 0 Å². The molecule has 3 N–H and O–H groups in total. The van der Waals surface area contributed by atoms with E-state index in [4.69, 9.17) is 17.4 Å². The van der Waals surface area contributed by atoms with E-state index in [1.807, 2.05) is 19.3 Å². The zero-order chi connectivity index (χ0) is 13.1. The molecule has 17 heavy (non-hydrogen) atoms. The maximum Gasteiger partial charge on any atom is 0.338 e. The van der Waals surface area contributed by atoms with Gasteiger partial charge < -0.3 is 0 Å². The summed E-state index contributed by atoms with van der Waals surface area (Å²) in [6.07, 6.45) is 2.67. The van der Waals surface area contributed by atoms with Crippen LogP contribution in [0.1, 0.15) is 32.0 Å². The van der Waals surface area contributed by atoms with E-state index >= 15 is 0 Å². The first-order valence-corrected chi connectivity index (χ1v) is 5.83. The molecule has 0 aliphatic heterocycles. The summed E-state index contributed by atoms with van der Waals surface area (Å²) in [6, 6.07) is 0.605. The second kappa shape index (κ2) is 5.75. The van der Waals surface area contributed by atoms with Crippen molar-refractivity contribution >= 4 is 11.6 Å². The molecule has 0 radical (unpaired) electrons. The molecule has 1 aromatic heterocycles. The molecule has 0 bridgehead atoms. The fraction of sp³-hybridized carbons (Fsp3) is 0.700. The predicted octanol–water partition coefficient (Wildman–Crippen LogP) is 2.06. The molecule has 0 saturated heterocycles. The molecule has 2 unspecified atom stereocenters. The molecular weight excluding hydrogens is 250 g/mol. The van der Waals surface area contributed by atoms with E-state index < -0.39 is 11.4 Å². The quantitative estimate of drug-likeness (QED) is 0.471. The van der Waals surface area contributed by atoms with E-state index in [-0.39, 0.29) is 12.5 Å².